The van der Waals surface area contributed by atoms with Gasteiger partial charge in [-0.05, 0) is 13.8 Å². The van der Waals surface area contributed by atoms with E-state index in [1.54, 1.807) is 0 Å². The summed E-state index contributed by atoms with van der Waals surface area (Å²) >= 11 is 3.01. The first-order valence-electron chi connectivity index (χ1n) is 4.49. The van der Waals surface area contributed by atoms with Crippen LogP contribution in [0.5, 0.6) is 0 Å². The van der Waals surface area contributed by atoms with E-state index in [1.807, 2.05) is 0 Å². The van der Waals surface area contributed by atoms with Crippen molar-refractivity contribution in [3.05, 3.63) is 0 Å². The molecule has 0 spiro atoms. The van der Waals surface area contributed by atoms with Gasteiger partial charge >= 0.3 is 0 Å². The Hall–Kier alpha value is 0.580. The summed E-state index contributed by atoms with van der Waals surface area (Å²) in [5.41, 5.74) is 0. The van der Waals surface area contributed by atoms with Gasteiger partial charge in [0, 0.05) is 24.1 Å². The number of epoxide rings is 2. The van der Waals surface area contributed by atoms with Crippen LogP contribution in [-0.4, -0.2) is 35.9 Å². The summed E-state index contributed by atoms with van der Waals surface area (Å²) in [5.74, 6) is 0. The lowest BCUT2D eigenvalue weighted by atomic mass is 10.4. The first-order chi connectivity index (χ1) is 6.27. The number of hydrogen-bond acceptors (Lipinski definition) is 5. The third-order valence-corrected chi connectivity index (χ3v) is 3.99. The first-order valence-corrected chi connectivity index (χ1v) is 6.10. The predicted octanol–water partition coefficient (Wildman–Crippen LogP) is 1.87. The van der Waals surface area contributed by atoms with Gasteiger partial charge < -0.3 is 9.47 Å². The molecule has 4 atom stereocenters. The van der Waals surface area contributed by atoms with Gasteiger partial charge in [-0.3, -0.25) is 0 Å². The molecule has 3 nitrogen and oxygen atoms in total. The van der Waals surface area contributed by atoms with Gasteiger partial charge in [0.1, 0.15) is 0 Å². The second-order valence-electron chi connectivity index (χ2n) is 3.41. The highest BCUT2D eigenvalue weighted by atomic mass is 32.2. The van der Waals surface area contributed by atoms with Gasteiger partial charge in [-0.15, -0.1) is 0 Å². The molecule has 2 aliphatic heterocycles. The zero-order valence-corrected chi connectivity index (χ0v) is 9.40. The van der Waals surface area contributed by atoms with E-state index < -0.39 is 0 Å². The minimum atomic E-state index is 0.415. The summed E-state index contributed by atoms with van der Waals surface area (Å²) in [6.07, 6.45) is 0.830. The monoisotopic (exact) mass is 222 g/mol. The zero-order valence-electron chi connectivity index (χ0n) is 7.76. The maximum absolute atomic E-state index is 5.43. The molecular formula is C8H14O3S2. The molecule has 2 fully saturated rings. The molecular weight excluding hydrogens is 208 g/mol. The zero-order chi connectivity index (χ0) is 9.26. The molecule has 0 N–H and O–H groups in total. The lowest BCUT2D eigenvalue weighted by Crippen LogP contribution is -2.07. The van der Waals surface area contributed by atoms with Gasteiger partial charge in [0.15, 0.2) is 0 Å². The van der Waals surface area contributed by atoms with Crippen molar-refractivity contribution in [1.82, 2.24) is 0 Å². The molecule has 0 aromatic carbocycles. The summed E-state index contributed by atoms with van der Waals surface area (Å²) in [7, 11) is 0. The SMILES string of the molecule is CC(SOSC(C)C1CO1)C1CO1. The second kappa shape index (κ2) is 4.40. The van der Waals surface area contributed by atoms with Crippen molar-refractivity contribution in [2.75, 3.05) is 13.2 Å². The van der Waals surface area contributed by atoms with Gasteiger partial charge in [0.25, 0.3) is 0 Å². The molecule has 4 unspecified atom stereocenters. The molecule has 0 saturated carbocycles. The molecule has 5 heteroatoms. The van der Waals surface area contributed by atoms with Crippen LogP contribution in [0, 0.1) is 0 Å². The molecule has 2 rings (SSSR count). The van der Waals surface area contributed by atoms with E-state index in [0.29, 0.717) is 22.7 Å². The van der Waals surface area contributed by atoms with Gasteiger partial charge in [0.05, 0.1) is 35.9 Å². The molecule has 2 aliphatic rings. The van der Waals surface area contributed by atoms with Crippen LogP contribution in [0.15, 0.2) is 0 Å². The quantitative estimate of drug-likeness (QED) is 0.506. The summed E-state index contributed by atoms with van der Waals surface area (Å²) in [6.45, 7) is 6.04. The van der Waals surface area contributed by atoms with Crippen molar-refractivity contribution in [2.24, 2.45) is 0 Å². The lowest BCUT2D eigenvalue weighted by Gasteiger charge is -2.09. The van der Waals surface area contributed by atoms with Crippen LogP contribution in [0.3, 0.4) is 0 Å². The molecule has 2 saturated heterocycles. The Kier molecular flexibility index (Phi) is 3.42. The molecule has 0 aromatic heterocycles. The molecule has 13 heavy (non-hydrogen) atoms. The maximum atomic E-state index is 5.43. The molecule has 0 bridgehead atoms. The summed E-state index contributed by atoms with van der Waals surface area (Å²) in [5, 5.41) is 0.889. The highest BCUT2D eigenvalue weighted by Gasteiger charge is 2.33. The molecule has 0 radical (unpaired) electrons. The average molecular weight is 222 g/mol. The third kappa shape index (κ3) is 3.32. The largest absolute Gasteiger partial charge is 0.372 e. The Balaban J connectivity index is 1.51. The fourth-order valence-electron chi connectivity index (χ4n) is 0.924. The maximum Gasteiger partial charge on any atom is 0.0948 e. The molecule has 0 aromatic rings. The number of rotatable bonds is 6. The second-order valence-corrected chi connectivity index (χ2v) is 5.83. The van der Waals surface area contributed by atoms with Crippen molar-refractivity contribution in [3.63, 3.8) is 0 Å². The van der Waals surface area contributed by atoms with Crippen LogP contribution in [-0.2, 0) is 13.1 Å². The molecule has 0 aliphatic carbocycles. The smallest absolute Gasteiger partial charge is 0.0948 e. The summed E-state index contributed by atoms with van der Waals surface area (Å²) < 4.78 is 15.7. The van der Waals surface area contributed by atoms with Gasteiger partial charge in [0.2, 0.25) is 0 Å². The number of ether oxygens (including phenoxy) is 2. The van der Waals surface area contributed by atoms with Crippen molar-refractivity contribution < 1.29 is 13.1 Å². The highest BCUT2D eigenvalue weighted by Crippen LogP contribution is 2.33. The minimum absolute atomic E-state index is 0.415. The van der Waals surface area contributed by atoms with Crippen molar-refractivity contribution in [3.8, 4) is 0 Å². The van der Waals surface area contributed by atoms with E-state index >= 15 is 0 Å². The van der Waals surface area contributed by atoms with E-state index in [1.165, 1.54) is 24.1 Å². The Bertz CT molecular complexity index is 153. The van der Waals surface area contributed by atoms with Crippen LogP contribution in [0.25, 0.3) is 0 Å². The topological polar surface area (TPSA) is 34.3 Å². The Labute approximate surface area is 87.3 Å². The van der Waals surface area contributed by atoms with E-state index in [0.717, 1.165) is 13.2 Å². The van der Waals surface area contributed by atoms with Crippen LogP contribution < -0.4 is 0 Å². The molecule has 2 heterocycles. The molecule has 0 amide bonds. The van der Waals surface area contributed by atoms with Crippen molar-refractivity contribution in [1.29, 1.82) is 0 Å². The Morgan fingerprint density at radius 3 is 1.77 bits per heavy atom. The van der Waals surface area contributed by atoms with E-state index in [2.05, 4.69) is 13.8 Å². The Morgan fingerprint density at radius 2 is 1.46 bits per heavy atom. The standard InChI is InChI=1S/C8H14O3S2/c1-5(7-3-9-7)12-11-13-6(2)8-4-10-8/h5-8H,3-4H2,1-2H3. The fraction of sp³-hybridized carbons (Fsp3) is 1.00. The normalized spacial score (nSPS) is 35.5. The predicted molar refractivity (Wildman–Crippen MR) is 54.7 cm³/mol. The number of hydrogen-bond donors (Lipinski definition) is 0. The summed E-state index contributed by atoms with van der Waals surface area (Å²) in [6, 6.07) is 0. The Morgan fingerprint density at radius 1 is 1.08 bits per heavy atom. The lowest BCUT2D eigenvalue weighted by molar-refractivity contribution is 0.403. The minimum Gasteiger partial charge on any atom is -0.372 e. The van der Waals surface area contributed by atoms with Crippen molar-refractivity contribution in [2.45, 2.75) is 36.6 Å². The molecule has 76 valence electrons. The summed E-state index contributed by atoms with van der Waals surface area (Å²) in [4.78, 5) is 0. The van der Waals surface area contributed by atoms with Gasteiger partial charge in [-0.2, -0.15) is 0 Å². The van der Waals surface area contributed by atoms with Gasteiger partial charge in [-0.1, -0.05) is 0 Å². The van der Waals surface area contributed by atoms with Crippen LogP contribution in [0.1, 0.15) is 13.8 Å². The van der Waals surface area contributed by atoms with E-state index in [-0.39, 0.29) is 0 Å². The van der Waals surface area contributed by atoms with E-state index in [4.69, 9.17) is 13.1 Å². The van der Waals surface area contributed by atoms with Crippen LogP contribution >= 0.6 is 24.1 Å². The average Bonchev–Trinajstić information content (AvgIpc) is 2.95. The van der Waals surface area contributed by atoms with Crippen LogP contribution in [0.4, 0.5) is 0 Å². The third-order valence-electron chi connectivity index (χ3n) is 2.15. The van der Waals surface area contributed by atoms with Crippen molar-refractivity contribution >= 4 is 24.1 Å². The van der Waals surface area contributed by atoms with E-state index in [9.17, 15) is 0 Å². The van der Waals surface area contributed by atoms with Gasteiger partial charge in [-0.25, -0.2) is 3.63 Å². The highest BCUT2D eigenvalue weighted by molar-refractivity contribution is 8.08. The fourth-order valence-corrected chi connectivity index (χ4v) is 2.66. The van der Waals surface area contributed by atoms with Crippen LogP contribution in [0.2, 0.25) is 0 Å². The first kappa shape index (κ1) is 10.1.